The second-order valence-corrected chi connectivity index (χ2v) is 5.07. The van der Waals surface area contributed by atoms with Crippen molar-refractivity contribution < 1.29 is 9.84 Å². The van der Waals surface area contributed by atoms with Crippen molar-refractivity contribution in [1.82, 2.24) is 4.90 Å². The molecule has 0 saturated heterocycles. The van der Waals surface area contributed by atoms with E-state index in [1.807, 2.05) is 24.3 Å². The van der Waals surface area contributed by atoms with Gasteiger partial charge in [0.25, 0.3) is 0 Å². The number of unbranched alkanes of at least 4 members (excludes halogenated alkanes) is 2. The lowest BCUT2D eigenvalue weighted by Crippen LogP contribution is -2.25. The van der Waals surface area contributed by atoms with E-state index in [1.54, 1.807) is 6.92 Å². The molecule has 0 aliphatic heterocycles. The van der Waals surface area contributed by atoms with Crippen LogP contribution in [0.15, 0.2) is 24.3 Å². The normalized spacial score (nSPS) is 12.7. The fourth-order valence-electron chi connectivity index (χ4n) is 2.01. The lowest BCUT2D eigenvalue weighted by Gasteiger charge is -2.18. The number of aliphatic hydroxyl groups is 1. The van der Waals surface area contributed by atoms with E-state index in [9.17, 15) is 5.11 Å². The molecule has 0 saturated carbocycles. The molecule has 0 aliphatic carbocycles. The number of rotatable bonds is 9. The van der Waals surface area contributed by atoms with Crippen molar-refractivity contribution in [3.05, 3.63) is 29.8 Å². The summed E-state index contributed by atoms with van der Waals surface area (Å²) in [5.74, 6) is 0.791. The summed E-state index contributed by atoms with van der Waals surface area (Å²) in [6.07, 6.45) is 3.30. The van der Waals surface area contributed by atoms with Crippen LogP contribution in [0.2, 0.25) is 0 Å². The maximum absolute atomic E-state index is 9.67. The van der Waals surface area contributed by atoms with Crippen molar-refractivity contribution in [3.8, 4) is 5.75 Å². The van der Waals surface area contributed by atoms with Gasteiger partial charge < -0.3 is 14.7 Å². The van der Waals surface area contributed by atoms with Crippen LogP contribution in [0.4, 0.5) is 0 Å². The van der Waals surface area contributed by atoms with Gasteiger partial charge in [-0.15, -0.1) is 0 Å². The van der Waals surface area contributed by atoms with Crippen LogP contribution in [0.3, 0.4) is 0 Å². The first-order valence-corrected chi connectivity index (χ1v) is 7.23. The first-order valence-electron chi connectivity index (χ1n) is 7.23. The van der Waals surface area contributed by atoms with Crippen LogP contribution in [0.5, 0.6) is 5.75 Å². The molecule has 0 radical (unpaired) electrons. The fraction of sp³-hybridized carbons (Fsp3) is 0.625. The van der Waals surface area contributed by atoms with Gasteiger partial charge in [0.15, 0.2) is 0 Å². The SMILES string of the molecule is CCCCCN(C)CCOc1ccccc1[C@H](C)O. The minimum atomic E-state index is -0.488. The molecule has 108 valence electrons. The second-order valence-electron chi connectivity index (χ2n) is 5.07. The van der Waals surface area contributed by atoms with E-state index < -0.39 is 6.10 Å². The second kappa shape index (κ2) is 8.94. The predicted molar refractivity (Wildman–Crippen MR) is 79.6 cm³/mol. The maximum Gasteiger partial charge on any atom is 0.125 e. The molecule has 1 rings (SSSR count). The third kappa shape index (κ3) is 6.08. The summed E-state index contributed by atoms with van der Waals surface area (Å²) in [5, 5.41) is 9.67. The minimum Gasteiger partial charge on any atom is -0.492 e. The summed E-state index contributed by atoms with van der Waals surface area (Å²) in [6, 6.07) is 7.68. The number of hydrogen-bond donors (Lipinski definition) is 1. The molecule has 0 bridgehead atoms. The summed E-state index contributed by atoms with van der Waals surface area (Å²) in [5.41, 5.74) is 0.858. The Balaban J connectivity index is 2.33. The molecule has 19 heavy (non-hydrogen) atoms. The highest BCUT2D eigenvalue weighted by atomic mass is 16.5. The minimum absolute atomic E-state index is 0.488. The molecule has 3 heteroatoms. The summed E-state index contributed by atoms with van der Waals surface area (Å²) in [4.78, 5) is 2.29. The van der Waals surface area contributed by atoms with E-state index in [-0.39, 0.29) is 0 Å². The summed E-state index contributed by atoms with van der Waals surface area (Å²) >= 11 is 0. The fourth-order valence-corrected chi connectivity index (χ4v) is 2.01. The largest absolute Gasteiger partial charge is 0.492 e. The molecule has 0 aliphatic rings. The molecule has 0 heterocycles. The van der Waals surface area contributed by atoms with Gasteiger partial charge in [-0.3, -0.25) is 0 Å². The van der Waals surface area contributed by atoms with Crippen LogP contribution in [0, 0.1) is 0 Å². The zero-order chi connectivity index (χ0) is 14.1. The Hall–Kier alpha value is -1.06. The Labute approximate surface area is 117 Å². The topological polar surface area (TPSA) is 32.7 Å². The highest BCUT2D eigenvalue weighted by Gasteiger charge is 2.08. The number of ether oxygens (including phenoxy) is 1. The molecule has 1 aromatic rings. The van der Waals surface area contributed by atoms with E-state index in [2.05, 4.69) is 18.9 Å². The van der Waals surface area contributed by atoms with Crippen molar-refractivity contribution in [2.75, 3.05) is 26.7 Å². The number of benzene rings is 1. The Morgan fingerprint density at radius 2 is 1.95 bits per heavy atom. The van der Waals surface area contributed by atoms with Crippen LogP contribution < -0.4 is 4.74 Å². The highest BCUT2D eigenvalue weighted by molar-refractivity contribution is 5.34. The molecular formula is C16H27NO2. The molecule has 0 fully saturated rings. The quantitative estimate of drug-likeness (QED) is 0.696. The van der Waals surface area contributed by atoms with E-state index in [4.69, 9.17) is 4.74 Å². The molecule has 0 amide bonds. The van der Waals surface area contributed by atoms with Crippen LogP contribution in [0.1, 0.15) is 44.8 Å². The Morgan fingerprint density at radius 1 is 1.21 bits per heavy atom. The Morgan fingerprint density at radius 3 is 2.63 bits per heavy atom. The molecular weight excluding hydrogens is 238 g/mol. The zero-order valence-electron chi connectivity index (χ0n) is 12.4. The molecule has 3 nitrogen and oxygen atoms in total. The lowest BCUT2D eigenvalue weighted by atomic mass is 10.1. The molecule has 0 spiro atoms. The first kappa shape index (κ1) is 16.0. The highest BCUT2D eigenvalue weighted by Crippen LogP contribution is 2.24. The standard InChI is InChI=1S/C16H27NO2/c1-4-5-8-11-17(3)12-13-19-16-10-7-6-9-15(16)14(2)18/h6-7,9-10,14,18H,4-5,8,11-13H2,1-3H3/t14-/m0/s1. The zero-order valence-corrected chi connectivity index (χ0v) is 12.4. The molecule has 1 aromatic carbocycles. The maximum atomic E-state index is 9.67. The lowest BCUT2D eigenvalue weighted by molar-refractivity contribution is 0.186. The smallest absolute Gasteiger partial charge is 0.125 e. The summed E-state index contributed by atoms with van der Waals surface area (Å²) < 4.78 is 5.77. The summed E-state index contributed by atoms with van der Waals surface area (Å²) in [6.45, 7) is 6.68. The van der Waals surface area contributed by atoms with Gasteiger partial charge in [-0.05, 0) is 33.0 Å². The number of hydrogen-bond acceptors (Lipinski definition) is 3. The van der Waals surface area contributed by atoms with Crippen molar-refractivity contribution in [2.45, 2.75) is 39.2 Å². The molecule has 0 aromatic heterocycles. The van der Waals surface area contributed by atoms with Gasteiger partial charge in [-0.2, -0.15) is 0 Å². The van der Waals surface area contributed by atoms with Crippen LogP contribution in [0.25, 0.3) is 0 Å². The number of para-hydroxylation sites is 1. The molecule has 0 unspecified atom stereocenters. The van der Waals surface area contributed by atoms with Crippen LogP contribution in [-0.4, -0.2) is 36.8 Å². The van der Waals surface area contributed by atoms with Gasteiger partial charge in [-0.25, -0.2) is 0 Å². The van der Waals surface area contributed by atoms with Gasteiger partial charge in [0.2, 0.25) is 0 Å². The van der Waals surface area contributed by atoms with Crippen molar-refractivity contribution in [3.63, 3.8) is 0 Å². The van der Waals surface area contributed by atoms with Crippen molar-refractivity contribution in [1.29, 1.82) is 0 Å². The van der Waals surface area contributed by atoms with Gasteiger partial charge in [-0.1, -0.05) is 38.0 Å². The molecule has 1 N–H and O–H groups in total. The van der Waals surface area contributed by atoms with Crippen molar-refractivity contribution >= 4 is 0 Å². The summed E-state index contributed by atoms with van der Waals surface area (Å²) in [7, 11) is 2.12. The van der Waals surface area contributed by atoms with Crippen molar-refractivity contribution in [2.24, 2.45) is 0 Å². The van der Waals surface area contributed by atoms with E-state index >= 15 is 0 Å². The van der Waals surface area contributed by atoms with Crippen LogP contribution in [-0.2, 0) is 0 Å². The predicted octanol–water partition coefficient (Wildman–Crippen LogP) is 3.24. The van der Waals surface area contributed by atoms with Gasteiger partial charge in [0.1, 0.15) is 12.4 Å². The van der Waals surface area contributed by atoms with Gasteiger partial charge in [0.05, 0.1) is 6.10 Å². The third-order valence-corrected chi connectivity index (χ3v) is 3.24. The first-order chi connectivity index (χ1) is 9.15. The average molecular weight is 265 g/mol. The monoisotopic (exact) mass is 265 g/mol. The average Bonchev–Trinajstić information content (AvgIpc) is 2.39. The van der Waals surface area contributed by atoms with E-state index in [1.165, 1.54) is 19.3 Å². The number of aliphatic hydroxyl groups excluding tert-OH is 1. The Bertz CT molecular complexity index is 352. The van der Waals surface area contributed by atoms with E-state index in [0.717, 1.165) is 24.4 Å². The number of likely N-dealkylation sites (N-methyl/N-ethyl adjacent to an activating group) is 1. The Kier molecular flexibility index (Phi) is 7.53. The van der Waals surface area contributed by atoms with Gasteiger partial charge >= 0.3 is 0 Å². The van der Waals surface area contributed by atoms with E-state index in [0.29, 0.717) is 6.61 Å². The number of nitrogens with zero attached hydrogens (tertiary/aromatic N) is 1. The van der Waals surface area contributed by atoms with Gasteiger partial charge in [0, 0.05) is 12.1 Å². The third-order valence-electron chi connectivity index (χ3n) is 3.24. The van der Waals surface area contributed by atoms with Crippen LogP contribution >= 0.6 is 0 Å². The molecule has 1 atom stereocenters.